The van der Waals surface area contributed by atoms with E-state index in [0.29, 0.717) is 12.2 Å². The topological polar surface area (TPSA) is 55.6 Å². The molecular weight excluding hydrogens is 319 g/mol. The molecule has 0 fully saturated rings. The number of hydrogen-bond donors (Lipinski definition) is 1. The highest BCUT2D eigenvalue weighted by Gasteiger charge is 2.48. The minimum Gasteiger partial charge on any atom is -0.366 e. The van der Waals surface area contributed by atoms with Crippen molar-refractivity contribution in [3.8, 4) is 0 Å². The second-order valence-corrected chi connectivity index (χ2v) is 6.66. The number of nitrogens with zero attached hydrogens (tertiary/aromatic N) is 1. The molecule has 2 N–H and O–H groups in total. The molecule has 4 nitrogen and oxygen atoms in total. The molecule has 0 bridgehead atoms. The van der Waals surface area contributed by atoms with E-state index in [4.69, 9.17) is 10.5 Å². The van der Waals surface area contributed by atoms with Gasteiger partial charge in [-0.1, -0.05) is 25.1 Å². The molecule has 25 heavy (non-hydrogen) atoms. The molecule has 1 aliphatic heterocycles. The van der Waals surface area contributed by atoms with Gasteiger partial charge in [-0.3, -0.25) is 4.79 Å². The molecule has 0 spiro atoms. The van der Waals surface area contributed by atoms with Gasteiger partial charge in [0.25, 0.3) is 0 Å². The molecule has 3 rings (SSSR count). The Hall–Kier alpha value is -2.24. The van der Waals surface area contributed by atoms with Crippen LogP contribution in [0.15, 0.2) is 42.5 Å². The van der Waals surface area contributed by atoms with Gasteiger partial charge in [0.15, 0.2) is 0 Å². The number of fused-ring (bicyclic) bond motifs is 1. The van der Waals surface area contributed by atoms with Gasteiger partial charge in [-0.25, -0.2) is 4.39 Å². The average molecular weight is 342 g/mol. The van der Waals surface area contributed by atoms with Crippen molar-refractivity contribution in [2.75, 3.05) is 14.1 Å². The molecule has 5 heteroatoms. The third-order valence-electron chi connectivity index (χ3n) is 5.00. The molecule has 0 saturated heterocycles. The zero-order valence-corrected chi connectivity index (χ0v) is 14.8. The fourth-order valence-corrected chi connectivity index (χ4v) is 3.92. The van der Waals surface area contributed by atoms with Crippen LogP contribution >= 0.6 is 0 Å². The van der Waals surface area contributed by atoms with Crippen LogP contribution in [-0.2, 0) is 16.9 Å². The first kappa shape index (κ1) is 17.6. The van der Waals surface area contributed by atoms with Crippen molar-refractivity contribution < 1.29 is 13.9 Å². The van der Waals surface area contributed by atoms with Crippen molar-refractivity contribution >= 4 is 5.91 Å². The number of carbonyl (C=O) groups excluding carboxylic acids is 1. The number of hydrogen-bond acceptors (Lipinski definition) is 3. The van der Waals surface area contributed by atoms with E-state index in [0.717, 1.165) is 23.1 Å². The third kappa shape index (κ3) is 2.83. The minimum atomic E-state index is -0.711. The van der Waals surface area contributed by atoms with Crippen LogP contribution in [0, 0.1) is 5.82 Å². The molecule has 1 amide bonds. The van der Waals surface area contributed by atoms with E-state index in [2.05, 4.69) is 11.8 Å². The van der Waals surface area contributed by atoms with Gasteiger partial charge >= 0.3 is 0 Å². The van der Waals surface area contributed by atoms with E-state index in [1.807, 2.05) is 20.2 Å². The van der Waals surface area contributed by atoms with Gasteiger partial charge in [0, 0.05) is 11.6 Å². The zero-order chi connectivity index (χ0) is 18.2. The van der Waals surface area contributed by atoms with Gasteiger partial charge in [0.2, 0.25) is 5.91 Å². The summed E-state index contributed by atoms with van der Waals surface area (Å²) in [5, 5.41) is 0. The number of amides is 1. The van der Waals surface area contributed by atoms with Crippen molar-refractivity contribution in [3.05, 3.63) is 70.5 Å². The highest BCUT2D eigenvalue weighted by atomic mass is 19.1. The van der Waals surface area contributed by atoms with E-state index in [1.54, 1.807) is 24.3 Å². The Bertz CT molecular complexity index is 789. The van der Waals surface area contributed by atoms with Crippen LogP contribution in [-0.4, -0.2) is 30.9 Å². The second kappa shape index (κ2) is 6.58. The highest BCUT2D eigenvalue weighted by molar-refractivity contribution is 5.93. The van der Waals surface area contributed by atoms with Crippen LogP contribution in [0.25, 0.3) is 0 Å². The van der Waals surface area contributed by atoms with Crippen LogP contribution < -0.4 is 5.73 Å². The van der Waals surface area contributed by atoms with E-state index in [-0.39, 0.29) is 11.9 Å². The molecule has 2 aromatic carbocycles. The predicted molar refractivity (Wildman–Crippen MR) is 94.7 cm³/mol. The summed E-state index contributed by atoms with van der Waals surface area (Å²) in [6, 6.07) is 12.0. The standard InChI is InChI=1S/C20H23FN2O2/c1-4-18(23(2)3)20(15-6-8-16(21)9-7-15)17-10-5-13(19(22)24)11-14(17)12-25-20/h5-11,18H,4,12H2,1-3H3,(H2,22,24). The summed E-state index contributed by atoms with van der Waals surface area (Å²) in [5.74, 6) is -0.735. The van der Waals surface area contributed by atoms with Crippen molar-refractivity contribution in [1.82, 2.24) is 4.90 Å². The maximum absolute atomic E-state index is 13.5. The maximum atomic E-state index is 13.5. The summed E-state index contributed by atoms with van der Waals surface area (Å²) in [4.78, 5) is 13.6. The number of rotatable bonds is 5. The van der Waals surface area contributed by atoms with Crippen molar-refractivity contribution in [2.45, 2.75) is 31.6 Å². The first-order valence-electron chi connectivity index (χ1n) is 8.39. The quantitative estimate of drug-likeness (QED) is 0.909. The number of ether oxygens (including phenoxy) is 1. The number of likely N-dealkylation sites (N-methyl/N-ethyl adjacent to an activating group) is 1. The van der Waals surface area contributed by atoms with E-state index in [1.165, 1.54) is 12.1 Å². The molecule has 2 aromatic rings. The first-order chi connectivity index (χ1) is 11.9. The van der Waals surface area contributed by atoms with E-state index < -0.39 is 11.5 Å². The van der Waals surface area contributed by atoms with E-state index in [9.17, 15) is 9.18 Å². The van der Waals surface area contributed by atoms with Crippen LogP contribution in [0.5, 0.6) is 0 Å². The number of carbonyl (C=O) groups is 1. The lowest BCUT2D eigenvalue weighted by Crippen LogP contribution is -2.48. The number of nitrogens with two attached hydrogens (primary N) is 1. The SMILES string of the molecule is CCC(N(C)C)C1(c2ccc(F)cc2)OCc2cc(C(N)=O)ccc21. The Morgan fingerprint density at radius 1 is 1.28 bits per heavy atom. The predicted octanol–water partition coefficient (Wildman–Crippen LogP) is 3.04. The Kier molecular flexibility index (Phi) is 4.62. The third-order valence-corrected chi connectivity index (χ3v) is 5.00. The van der Waals surface area contributed by atoms with Crippen LogP contribution in [0.3, 0.4) is 0 Å². The van der Waals surface area contributed by atoms with Crippen LogP contribution in [0.1, 0.15) is 40.4 Å². The molecule has 0 radical (unpaired) electrons. The molecule has 2 unspecified atom stereocenters. The molecule has 132 valence electrons. The zero-order valence-electron chi connectivity index (χ0n) is 14.8. The van der Waals surface area contributed by atoms with Gasteiger partial charge in [-0.15, -0.1) is 0 Å². The molecule has 2 atom stereocenters. The largest absolute Gasteiger partial charge is 0.366 e. The Labute approximate surface area is 147 Å². The fourth-order valence-electron chi connectivity index (χ4n) is 3.92. The molecule has 1 aliphatic rings. The lowest BCUT2D eigenvalue weighted by molar-refractivity contribution is -0.0611. The highest BCUT2D eigenvalue weighted by Crippen LogP contribution is 2.47. The lowest BCUT2D eigenvalue weighted by atomic mass is 9.78. The van der Waals surface area contributed by atoms with Crippen molar-refractivity contribution in [1.29, 1.82) is 0 Å². The van der Waals surface area contributed by atoms with Crippen LogP contribution in [0.4, 0.5) is 4.39 Å². The fraction of sp³-hybridized carbons (Fsp3) is 0.350. The van der Waals surface area contributed by atoms with Gasteiger partial charge in [0.05, 0.1) is 6.61 Å². The van der Waals surface area contributed by atoms with Crippen molar-refractivity contribution in [2.24, 2.45) is 5.73 Å². The summed E-state index contributed by atoms with van der Waals surface area (Å²) < 4.78 is 19.8. The van der Waals surface area contributed by atoms with Gasteiger partial charge in [-0.2, -0.15) is 0 Å². The Morgan fingerprint density at radius 3 is 2.52 bits per heavy atom. The summed E-state index contributed by atoms with van der Waals surface area (Å²) in [5.41, 5.74) is 8.02. The molecule has 0 aliphatic carbocycles. The second-order valence-electron chi connectivity index (χ2n) is 6.66. The van der Waals surface area contributed by atoms with Gasteiger partial charge in [-0.05, 0) is 61.5 Å². The van der Waals surface area contributed by atoms with Gasteiger partial charge < -0.3 is 15.4 Å². The molecule has 0 aromatic heterocycles. The average Bonchev–Trinajstić information content (AvgIpc) is 2.95. The summed E-state index contributed by atoms with van der Waals surface area (Å²) in [6.07, 6.45) is 0.849. The minimum absolute atomic E-state index is 0.0543. The normalized spacial score (nSPS) is 20.5. The molecule has 1 heterocycles. The Balaban J connectivity index is 2.22. The number of primary amides is 1. The maximum Gasteiger partial charge on any atom is 0.248 e. The summed E-state index contributed by atoms with van der Waals surface area (Å²) in [7, 11) is 4.02. The van der Waals surface area contributed by atoms with Gasteiger partial charge in [0.1, 0.15) is 11.4 Å². The number of benzene rings is 2. The molecular formula is C20H23FN2O2. The summed E-state index contributed by atoms with van der Waals surface area (Å²) >= 11 is 0. The first-order valence-corrected chi connectivity index (χ1v) is 8.39. The number of halogens is 1. The van der Waals surface area contributed by atoms with E-state index >= 15 is 0 Å². The Morgan fingerprint density at radius 2 is 1.96 bits per heavy atom. The molecule has 0 saturated carbocycles. The van der Waals surface area contributed by atoms with Crippen LogP contribution in [0.2, 0.25) is 0 Å². The van der Waals surface area contributed by atoms with Crippen molar-refractivity contribution in [3.63, 3.8) is 0 Å². The smallest absolute Gasteiger partial charge is 0.248 e. The monoisotopic (exact) mass is 342 g/mol. The lowest BCUT2D eigenvalue weighted by Gasteiger charge is -2.41. The summed E-state index contributed by atoms with van der Waals surface area (Å²) in [6.45, 7) is 2.49.